The fourth-order valence-corrected chi connectivity index (χ4v) is 1.51. The van der Waals surface area contributed by atoms with Crippen molar-refractivity contribution >= 4 is 5.97 Å². The van der Waals surface area contributed by atoms with Crippen LogP contribution in [0.15, 0.2) is 18.5 Å². The lowest BCUT2D eigenvalue weighted by atomic mass is 9.78. The Morgan fingerprint density at radius 2 is 2.12 bits per heavy atom. The Balaban J connectivity index is 3.05. The SMILES string of the molecule is COC(=O)C(N)C(C)(C)c1cncc(C)c1. The second-order valence-electron chi connectivity index (χ2n) is 4.47. The van der Waals surface area contributed by atoms with Gasteiger partial charge in [-0.3, -0.25) is 9.78 Å². The van der Waals surface area contributed by atoms with Gasteiger partial charge in [0.2, 0.25) is 0 Å². The molecule has 1 atom stereocenters. The summed E-state index contributed by atoms with van der Waals surface area (Å²) in [5, 5.41) is 0. The first-order valence-corrected chi connectivity index (χ1v) is 5.15. The molecule has 1 aromatic heterocycles. The normalized spacial score (nSPS) is 13.3. The molecule has 4 nitrogen and oxygen atoms in total. The van der Waals surface area contributed by atoms with Gasteiger partial charge in [-0.2, -0.15) is 0 Å². The summed E-state index contributed by atoms with van der Waals surface area (Å²) < 4.78 is 4.67. The van der Waals surface area contributed by atoms with E-state index in [-0.39, 0.29) is 0 Å². The summed E-state index contributed by atoms with van der Waals surface area (Å²) in [6.45, 7) is 5.77. The fraction of sp³-hybridized carbons (Fsp3) is 0.500. The van der Waals surface area contributed by atoms with E-state index in [1.54, 1.807) is 12.4 Å². The molecule has 0 spiro atoms. The lowest BCUT2D eigenvalue weighted by molar-refractivity contribution is -0.143. The third kappa shape index (κ3) is 2.39. The minimum absolute atomic E-state index is 0.411. The number of ether oxygens (including phenoxy) is 1. The van der Waals surface area contributed by atoms with Crippen LogP contribution in [0.4, 0.5) is 0 Å². The maximum atomic E-state index is 11.4. The molecule has 2 N–H and O–H groups in total. The van der Waals surface area contributed by atoms with E-state index in [0.29, 0.717) is 0 Å². The molecular formula is C12H18N2O2. The maximum absolute atomic E-state index is 11.4. The van der Waals surface area contributed by atoms with Crippen LogP contribution in [0.1, 0.15) is 25.0 Å². The summed E-state index contributed by atoms with van der Waals surface area (Å²) >= 11 is 0. The number of hydrogen-bond acceptors (Lipinski definition) is 4. The molecule has 0 aliphatic rings. The third-order valence-corrected chi connectivity index (χ3v) is 2.85. The second-order valence-corrected chi connectivity index (χ2v) is 4.47. The van der Waals surface area contributed by atoms with Crippen molar-refractivity contribution < 1.29 is 9.53 Å². The smallest absolute Gasteiger partial charge is 0.323 e. The molecule has 0 aliphatic heterocycles. The molecule has 0 saturated carbocycles. The van der Waals surface area contributed by atoms with Gasteiger partial charge in [0.15, 0.2) is 0 Å². The van der Waals surface area contributed by atoms with Crippen LogP contribution < -0.4 is 5.73 Å². The van der Waals surface area contributed by atoms with Crippen molar-refractivity contribution in [3.63, 3.8) is 0 Å². The molecule has 0 fully saturated rings. The van der Waals surface area contributed by atoms with Crippen LogP contribution in [0.5, 0.6) is 0 Å². The highest BCUT2D eigenvalue weighted by molar-refractivity contribution is 5.77. The van der Waals surface area contributed by atoms with E-state index in [0.717, 1.165) is 11.1 Å². The van der Waals surface area contributed by atoms with Gasteiger partial charge in [-0.05, 0) is 18.1 Å². The van der Waals surface area contributed by atoms with Gasteiger partial charge >= 0.3 is 5.97 Å². The van der Waals surface area contributed by atoms with Crippen molar-refractivity contribution in [3.8, 4) is 0 Å². The zero-order valence-electron chi connectivity index (χ0n) is 10.2. The Hall–Kier alpha value is -1.42. The Kier molecular flexibility index (Phi) is 3.65. The summed E-state index contributed by atoms with van der Waals surface area (Å²) in [7, 11) is 1.34. The summed E-state index contributed by atoms with van der Waals surface area (Å²) in [4.78, 5) is 15.6. The monoisotopic (exact) mass is 222 g/mol. The molecule has 1 unspecified atom stereocenters. The quantitative estimate of drug-likeness (QED) is 0.780. The molecule has 0 bridgehead atoms. The molecule has 1 aromatic rings. The number of carbonyl (C=O) groups excluding carboxylic acids is 1. The first-order chi connectivity index (χ1) is 7.39. The largest absolute Gasteiger partial charge is 0.468 e. The van der Waals surface area contributed by atoms with E-state index in [9.17, 15) is 4.79 Å². The van der Waals surface area contributed by atoms with E-state index in [2.05, 4.69) is 9.72 Å². The van der Waals surface area contributed by atoms with Gasteiger partial charge in [-0.25, -0.2) is 0 Å². The van der Waals surface area contributed by atoms with Gasteiger partial charge in [0.05, 0.1) is 7.11 Å². The number of aryl methyl sites for hydroxylation is 1. The summed E-state index contributed by atoms with van der Waals surface area (Å²) in [5.74, 6) is -0.411. The number of esters is 1. The number of hydrogen-bond donors (Lipinski definition) is 1. The predicted octanol–water partition coefficient (Wildman–Crippen LogP) is 1.17. The molecule has 16 heavy (non-hydrogen) atoms. The first kappa shape index (κ1) is 12.6. The molecular weight excluding hydrogens is 204 g/mol. The second kappa shape index (κ2) is 4.61. The lowest BCUT2D eigenvalue weighted by Gasteiger charge is -2.29. The maximum Gasteiger partial charge on any atom is 0.323 e. The van der Waals surface area contributed by atoms with Crippen molar-refractivity contribution in [1.29, 1.82) is 0 Å². The van der Waals surface area contributed by atoms with E-state index >= 15 is 0 Å². The number of nitrogens with zero attached hydrogens (tertiary/aromatic N) is 1. The van der Waals surface area contributed by atoms with Gasteiger partial charge in [-0.15, -0.1) is 0 Å². The van der Waals surface area contributed by atoms with Crippen LogP contribution in [-0.2, 0) is 14.9 Å². The Bertz CT molecular complexity index is 388. The van der Waals surface area contributed by atoms with Gasteiger partial charge in [0.1, 0.15) is 6.04 Å². The molecule has 0 radical (unpaired) electrons. The Morgan fingerprint density at radius 3 is 2.62 bits per heavy atom. The minimum atomic E-state index is -0.693. The number of nitrogens with two attached hydrogens (primary N) is 1. The number of aromatic nitrogens is 1. The van der Waals surface area contributed by atoms with E-state index < -0.39 is 17.4 Å². The average molecular weight is 222 g/mol. The van der Waals surface area contributed by atoms with Gasteiger partial charge in [0.25, 0.3) is 0 Å². The molecule has 0 aromatic carbocycles. The highest BCUT2D eigenvalue weighted by Crippen LogP contribution is 2.26. The van der Waals surface area contributed by atoms with Crippen LogP contribution in [0.2, 0.25) is 0 Å². The Labute approximate surface area is 95.8 Å². The van der Waals surface area contributed by atoms with Crippen molar-refractivity contribution in [2.45, 2.75) is 32.2 Å². The Morgan fingerprint density at radius 1 is 1.50 bits per heavy atom. The van der Waals surface area contributed by atoms with Gasteiger partial charge < -0.3 is 10.5 Å². The molecule has 0 aliphatic carbocycles. The number of rotatable bonds is 3. The van der Waals surface area contributed by atoms with Crippen LogP contribution in [-0.4, -0.2) is 24.1 Å². The van der Waals surface area contributed by atoms with Gasteiger partial charge in [0, 0.05) is 17.8 Å². The number of methoxy groups -OCH3 is 1. The fourth-order valence-electron chi connectivity index (χ4n) is 1.51. The van der Waals surface area contributed by atoms with Crippen LogP contribution >= 0.6 is 0 Å². The van der Waals surface area contributed by atoms with Crippen LogP contribution in [0, 0.1) is 6.92 Å². The zero-order valence-corrected chi connectivity index (χ0v) is 10.2. The highest BCUT2D eigenvalue weighted by atomic mass is 16.5. The third-order valence-electron chi connectivity index (χ3n) is 2.85. The summed E-state index contributed by atoms with van der Waals surface area (Å²) in [5.41, 5.74) is 7.37. The topological polar surface area (TPSA) is 65.2 Å². The molecule has 88 valence electrons. The molecule has 1 heterocycles. The average Bonchev–Trinajstić information content (AvgIpc) is 2.27. The van der Waals surface area contributed by atoms with Crippen molar-refractivity contribution in [3.05, 3.63) is 29.6 Å². The van der Waals surface area contributed by atoms with E-state index in [4.69, 9.17) is 5.73 Å². The molecule has 1 rings (SSSR count). The lowest BCUT2D eigenvalue weighted by Crippen LogP contribution is -2.47. The highest BCUT2D eigenvalue weighted by Gasteiger charge is 2.34. The number of carbonyl (C=O) groups is 1. The molecule has 4 heteroatoms. The van der Waals surface area contributed by atoms with Crippen molar-refractivity contribution in [2.75, 3.05) is 7.11 Å². The zero-order chi connectivity index (χ0) is 12.3. The molecule has 0 saturated heterocycles. The van der Waals surface area contributed by atoms with Crippen LogP contribution in [0.3, 0.4) is 0 Å². The van der Waals surface area contributed by atoms with E-state index in [1.807, 2.05) is 26.8 Å². The van der Waals surface area contributed by atoms with Gasteiger partial charge in [-0.1, -0.05) is 19.9 Å². The molecule has 0 amide bonds. The van der Waals surface area contributed by atoms with E-state index in [1.165, 1.54) is 7.11 Å². The minimum Gasteiger partial charge on any atom is -0.468 e. The van der Waals surface area contributed by atoms with Crippen molar-refractivity contribution in [2.24, 2.45) is 5.73 Å². The summed E-state index contributed by atoms with van der Waals surface area (Å²) in [6, 6.07) is 1.29. The van der Waals surface area contributed by atoms with Crippen molar-refractivity contribution in [1.82, 2.24) is 4.98 Å². The van der Waals surface area contributed by atoms with Crippen LogP contribution in [0.25, 0.3) is 0 Å². The number of pyridine rings is 1. The standard InChI is InChI=1S/C12H18N2O2/c1-8-5-9(7-14-6-8)12(2,3)10(13)11(15)16-4/h5-7,10H,13H2,1-4H3. The first-order valence-electron chi connectivity index (χ1n) is 5.15. The summed E-state index contributed by atoms with van der Waals surface area (Å²) in [6.07, 6.45) is 3.50. The predicted molar refractivity (Wildman–Crippen MR) is 62.0 cm³/mol.